The van der Waals surface area contributed by atoms with Crippen LogP contribution in [-0.2, 0) is 14.8 Å². The summed E-state index contributed by atoms with van der Waals surface area (Å²) in [6, 6.07) is 10.2. The topological polar surface area (TPSA) is 95.6 Å². The second-order valence-electron chi connectivity index (χ2n) is 7.43. The molecule has 2 aromatic carbocycles. The Morgan fingerprint density at radius 1 is 0.839 bits per heavy atom. The largest absolute Gasteiger partial charge is 0.486 e. The van der Waals surface area contributed by atoms with Crippen LogP contribution >= 0.6 is 0 Å². The Balaban J connectivity index is 1.37. The van der Waals surface area contributed by atoms with Crippen molar-refractivity contribution in [2.45, 2.75) is 10.9 Å². The molecule has 0 amide bonds. The van der Waals surface area contributed by atoms with Crippen molar-refractivity contribution in [3.63, 3.8) is 0 Å². The van der Waals surface area contributed by atoms with Crippen LogP contribution in [0, 0.1) is 0 Å². The highest BCUT2D eigenvalue weighted by Gasteiger charge is 2.27. The van der Waals surface area contributed by atoms with Gasteiger partial charge in [0, 0.05) is 31.7 Å². The molecule has 1 N–H and O–H groups in total. The summed E-state index contributed by atoms with van der Waals surface area (Å²) < 4.78 is 56.2. The zero-order valence-corrected chi connectivity index (χ0v) is 17.7. The van der Waals surface area contributed by atoms with E-state index >= 15 is 0 Å². The molecule has 0 saturated carbocycles. The van der Waals surface area contributed by atoms with Gasteiger partial charge in [0.2, 0.25) is 16.8 Å². The van der Waals surface area contributed by atoms with Gasteiger partial charge < -0.3 is 23.7 Å². The first-order chi connectivity index (χ1) is 15.1. The van der Waals surface area contributed by atoms with E-state index in [1.807, 2.05) is 18.2 Å². The predicted molar refractivity (Wildman–Crippen MR) is 110 cm³/mol. The third-order valence-corrected chi connectivity index (χ3v) is 6.98. The van der Waals surface area contributed by atoms with E-state index in [-0.39, 0.29) is 24.3 Å². The number of ether oxygens (including phenoxy) is 5. The number of rotatable bonds is 6. The zero-order valence-electron chi connectivity index (χ0n) is 16.9. The number of morpholine rings is 1. The van der Waals surface area contributed by atoms with Crippen molar-refractivity contribution in [2.75, 3.05) is 52.9 Å². The van der Waals surface area contributed by atoms with E-state index in [1.165, 1.54) is 12.1 Å². The second kappa shape index (κ2) is 8.54. The van der Waals surface area contributed by atoms with Gasteiger partial charge in [0.25, 0.3) is 0 Å². The number of hydrogen-bond acceptors (Lipinski definition) is 8. The van der Waals surface area contributed by atoms with Crippen LogP contribution in [0.15, 0.2) is 41.3 Å². The minimum Gasteiger partial charge on any atom is -0.486 e. The first-order valence-electron chi connectivity index (χ1n) is 10.2. The SMILES string of the molecule is O=S(=O)(NC[C@@H](c1ccc2c(c1)OCO2)N1CCOCC1)c1ccc2c(c1)OCCO2. The first-order valence-corrected chi connectivity index (χ1v) is 11.7. The maximum Gasteiger partial charge on any atom is 0.240 e. The van der Waals surface area contributed by atoms with Crippen molar-refractivity contribution >= 4 is 10.0 Å². The minimum absolute atomic E-state index is 0.142. The number of benzene rings is 2. The molecule has 0 bridgehead atoms. The van der Waals surface area contributed by atoms with Crippen LogP contribution in [0.5, 0.6) is 23.0 Å². The Morgan fingerprint density at radius 2 is 1.52 bits per heavy atom. The molecule has 0 radical (unpaired) electrons. The standard InChI is InChI=1S/C21H24N2O7S/c24-31(25,16-2-4-18-21(12-16)28-10-9-27-18)22-13-17(23-5-7-26-8-6-23)15-1-3-19-20(11-15)30-14-29-19/h1-4,11-12,17,22H,5-10,13-14H2/t17-/m0/s1. The maximum absolute atomic E-state index is 13.0. The molecule has 1 atom stereocenters. The Hall–Kier alpha value is -2.53. The molecule has 1 saturated heterocycles. The van der Waals surface area contributed by atoms with Crippen molar-refractivity contribution in [3.8, 4) is 23.0 Å². The third-order valence-electron chi connectivity index (χ3n) is 5.56. The van der Waals surface area contributed by atoms with E-state index in [1.54, 1.807) is 6.07 Å². The lowest BCUT2D eigenvalue weighted by Crippen LogP contribution is -2.43. The second-order valence-corrected chi connectivity index (χ2v) is 9.20. The van der Waals surface area contributed by atoms with Crippen molar-refractivity contribution in [3.05, 3.63) is 42.0 Å². The van der Waals surface area contributed by atoms with Gasteiger partial charge in [-0.1, -0.05) is 6.07 Å². The third kappa shape index (κ3) is 4.29. The van der Waals surface area contributed by atoms with E-state index in [0.717, 1.165) is 5.56 Å². The highest BCUT2D eigenvalue weighted by molar-refractivity contribution is 7.89. The fourth-order valence-electron chi connectivity index (χ4n) is 3.93. The van der Waals surface area contributed by atoms with Gasteiger partial charge in [0.05, 0.1) is 18.1 Å². The van der Waals surface area contributed by atoms with Gasteiger partial charge in [-0.05, 0) is 29.8 Å². The van der Waals surface area contributed by atoms with Gasteiger partial charge in [-0.2, -0.15) is 0 Å². The molecule has 3 heterocycles. The maximum atomic E-state index is 13.0. The molecular weight excluding hydrogens is 424 g/mol. The molecule has 1 fully saturated rings. The molecule has 166 valence electrons. The molecule has 3 aliphatic heterocycles. The molecule has 10 heteroatoms. The van der Waals surface area contributed by atoms with Crippen molar-refractivity contribution < 1.29 is 32.1 Å². The zero-order chi connectivity index (χ0) is 21.3. The normalized spacial score (nSPS) is 19.2. The van der Waals surface area contributed by atoms with Gasteiger partial charge >= 0.3 is 0 Å². The molecule has 0 spiro atoms. The molecule has 2 aromatic rings. The van der Waals surface area contributed by atoms with Crippen molar-refractivity contribution in [2.24, 2.45) is 0 Å². The Kier molecular flexibility index (Phi) is 5.61. The Bertz CT molecular complexity index is 1050. The van der Waals surface area contributed by atoms with E-state index < -0.39 is 10.0 Å². The Morgan fingerprint density at radius 3 is 2.35 bits per heavy atom. The number of nitrogens with zero attached hydrogens (tertiary/aromatic N) is 1. The monoisotopic (exact) mass is 448 g/mol. The predicted octanol–water partition coefficient (Wildman–Crippen LogP) is 1.54. The average Bonchev–Trinajstić information content (AvgIpc) is 3.28. The summed E-state index contributed by atoms with van der Waals surface area (Å²) in [5.41, 5.74) is 0.955. The molecule has 31 heavy (non-hydrogen) atoms. The van der Waals surface area contributed by atoms with Crippen molar-refractivity contribution in [1.82, 2.24) is 9.62 Å². The van der Waals surface area contributed by atoms with Gasteiger partial charge in [-0.3, -0.25) is 4.90 Å². The molecule has 0 aliphatic carbocycles. The summed E-state index contributed by atoms with van der Waals surface area (Å²) in [5, 5.41) is 0. The fourth-order valence-corrected chi connectivity index (χ4v) is 4.98. The lowest BCUT2D eigenvalue weighted by Gasteiger charge is -2.35. The summed E-state index contributed by atoms with van der Waals surface area (Å²) in [6.45, 7) is 3.89. The van der Waals surface area contributed by atoms with Crippen LogP contribution < -0.4 is 23.7 Å². The molecule has 9 nitrogen and oxygen atoms in total. The van der Waals surface area contributed by atoms with Gasteiger partial charge in [-0.15, -0.1) is 0 Å². The highest BCUT2D eigenvalue weighted by Crippen LogP contribution is 2.36. The summed E-state index contributed by atoms with van der Waals surface area (Å²) in [4.78, 5) is 2.36. The molecule has 5 rings (SSSR count). The number of sulfonamides is 1. The van der Waals surface area contributed by atoms with Crippen LogP contribution in [0.4, 0.5) is 0 Å². The van der Waals surface area contributed by atoms with Crippen LogP contribution in [0.2, 0.25) is 0 Å². The van der Waals surface area contributed by atoms with E-state index in [2.05, 4.69) is 9.62 Å². The van der Waals surface area contributed by atoms with Crippen LogP contribution in [0.1, 0.15) is 11.6 Å². The van der Waals surface area contributed by atoms with Gasteiger partial charge in [0.1, 0.15) is 13.2 Å². The van der Waals surface area contributed by atoms with Crippen molar-refractivity contribution in [1.29, 1.82) is 0 Å². The summed E-state index contributed by atoms with van der Waals surface area (Å²) in [5.74, 6) is 2.36. The first kappa shape index (κ1) is 20.4. The minimum atomic E-state index is -3.75. The lowest BCUT2D eigenvalue weighted by molar-refractivity contribution is 0.0171. The molecule has 0 unspecified atom stereocenters. The van der Waals surface area contributed by atoms with Crippen LogP contribution in [0.25, 0.3) is 0 Å². The quantitative estimate of drug-likeness (QED) is 0.711. The Labute approximate surface area is 180 Å². The number of nitrogens with one attached hydrogen (secondary N) is 1. The highest BCUT2D eigenvalue weighted by atomic mass is 32.2. The summed E-state index contributed by atoms with van der Waals surface area (Å²) >= 11 is 0. The molecule has 0 aromatic heterocycles. The fraction of sp³-hybridized carbons (Fsp3) is 0.429. The van der Waals surface area contributed by atoms with E-state index in [4.69, 9.17) is 23.7 Å². The van der Waals surface area contributed by atoms with E-state index in [9.17, 15) is 8.42 Å². The van der Waals surface area contributed by atoms with E-state index in [0.29, 0.717) is 62.5 Å². The summed E-state index contributed by atoms with van der Waals surface area (Å²) in [7, 11) is -3.75. The van der Waals surface area contributed by atoms with Gasteiger partial charge in [0.15, 0.2) is 23.0 Å². The number of fused-ring (bicyclic) bond motifs is 2. The molecular formula is C21H24N2O7S. The smallest absolute Gasteiger partial charge is 0.240 e. The van der Waals surface area contributed by atoms with Crippen LogP contribution in [0.3, 0.4) is 0 Å². The van der Waals surface area contributed by atoms with Gasteiger partial charge in [-0.25, -0.2) is 13.1 Å². The average molecular weight is 448 g/mol. The van der Waals surface area contributed by atoms with Crippen LogP contribution in [-0.4, -0.2) is 66.2 Å². The molecule has 3 aliphatic rings. The summed E-state index contributed by atoms with van der Waals surface area (Å²) in [6.07, 6.45) is 0. The number of hydrogen-bond donors (Lipinski definition) is 1. The lowest BCUT2D eigenvalue weighted by atomic mass is 10.0.